The van der Waals surface area contributed by atoms with Gasteiger partial charge in [-0.1, -0.05) is 19.9 Å². The Bertz CT molecular complexity index is 1410. The molecular formula is C27H27F3N2O3S. The number of fused-ring (bicyclic) bond motifs is 1. The third-order valence-corrected chi connectivity index (χ3v) is 7.07. The van der Waals surface area contributed by atoms with Crippen LogP contribution in [0, 0.1) is 0 Å². The Morgan fingerprint density at radius 2 is 1.83 bits per heavy atom. The average Bonchev–Trinajstić information content (AvgIpc) is 3.37. The van der Waals surface area contributed by atoms with Crippen molar-refractivity contribution in [2.45, 2.75) is 37.5 Å². The van der Waals surface area contributed by atoms with Crippen LogP contribution in [0.15, 0.2) is 70.3 Å². The Morgan fingerprint density at radius 3 is 2.50 bits per heavy atom. The van der Waals surface area contributed by atoms with Crippen LogP contribution in [-0.4, -0.2) is 35.5 Å². The zero-order valence-corrected chi connectivity index (χ0v) is 20.9. The van der Waals surface area contributed by atoms with E-state index in [1.165, 1.54) is 36.8 Å². The molecule has 4 aromatic rings. The lowest BCUT2D eigenvalue weighted by Crippen LogP contribution is -2.53. The van der Waals surface area contributed by atoms with Crippen LogP contribution in [0.1, 0.15) is 25.8 Å². The number of alkyl halides is 3. The molecule has 2 heterocycles. The third kappa shape index (κ3) is 5.12. The summed E-state index contributed by atoms with van der Waals surface area (Å²) in [6, 6.07) is 13.3. The zero-order valence-electron chi connectivity index (χ0n) is 20.1. The van der Waals surface area contributed by atoms with Gasteiger partial charge in [0.2, 0.25) is 0 Å². The molecule has 2 aromatic heterocycles. The molecule has 0 saturated carbocycles. The van der Waals surface area contributed by atoms with Crippen LogP contribution in [0.5, 0.6) is 5.75 Å². The molecule has 0 spiro atoms. The highest BCUT2D eigenvalue weighted by molar-refractivity contribution is 7.08. The highest BCUT2D eigenvalue weighted by atomic mass is 32.1. The van der Waals surface area contributed by atoms with E-state index in [1.807, 2.05) is 29.0 Å². The molecule has 0 aliphatic rings. The first-order valence-electron chi connectivity index (χ1n) is 11.3. The highest BCUT2D eigenvalue weighted by Crippen LogP contribution is 2.44. The standard InChI is InChI=1S/C27H27F3N2O3S/c1-25(2,21-12-17(4-7-24(21)35-3)18-9-11-36-14-18)15-26(34,27(28,29)30)16-32-19-5-6-22-20(13-19)23(33)8-10-31-22/h4-14,32,34H,15-16H2,1-3H3,(H,31,33). The molecule has 2 aromatic carbocycles. The van der Waals surface area contributed by atoms with Crippen molar-refractivity contribution in [2.24, 2.45) is 0 Å². The quantitative estimate of drug-likeness (QED) is 0.256. The molecule has 4 rings (SSSR count). The number of thiophene rings is 1. The largest absolute Gasteiger partial charge is 0.496 e. The molecule has 1 unspecified atom stereocenters. The molecule has 0 bridgehead atoms. The minimum atomic E-state index is -4.91. The number of pyridine rings is 1. The van der Waals surface area contributed by atoms with E-state index in [-0.39, 0.29) is 5.43 Å². The molecule has 190 valence electrons. The van der Waals surface area contributed by atoms with Gasteiger partial charge in [-0.25, -0.2) is 0 Å². The first-order chi connectivity index (χ1) is 16.9. The maximum Gasteiger partial charge on any atom is 0.418 e. The van der Waals surface area contributed by atoms with E-state index in [4.69, 9.17) is 4.74 Å². The molecule has 5 nitrogen and oxygen atoms in total. The molecule has 9 heteroatoms. The summed E-state index contributed by atoms with van der Waals surface area (Å²) in [5, 5.41) is 17.9. The fraction of sp³-hybridized carbons (Fsp3) is 0.296. The maximum absolute atomic E-state index is 14.3. The van der Waals surface area contributed by atoms with Gasteiger partial charge in [-0.05, 0) is 70.1 Å². The monoisotopic (exact) mass is 516 g/mol. The van der Waals surface area contributed by atoms with Crippen LogP contribution in [-0.2, 0) is 5.41 Å². The van der Waals surface area contributed by atoms with Gasteiger partial charge in [0, 0.05) is 34.4 Å². The van der Waals surface area contributed by atoms with E-state index < -0.39 is 30.2 Å². The molecule has 3 N–H and O–H groups in total. The SMILES string of the molecule is COc1ccc(-c2ccsc2)cc1C(C)(C)CC(O)(CNc1ccc2[nH]ccc(=O)c2c1)C(F)(F)F. The molecule has 0 fully saturated rings. The third-order valence-electron chi connectivity index (χ3n) is 6.39. The minimum absolute atomic E-state index is 0.253. The van der Waals surface area contributed by atoms with Gasteiger partial charge in [-0.3, -0.25) is 4.79 Å². The number of aliphatic hydroxyl groups is 1. The van der Waals surface area contributed by atoms with Crippen LogP contribution >= 0.6 is 11.3 Å². The van der Waals surface area contributed by atoms with E-state index in [0.29, 0.717) is 27.9 Å². The van der Waals surface area contributed by atoms with E-state index in [2.05, 4.69) is 10.3 Å². The smallest absolute Gasteiger partial charge is 0.418 e. The molecular weight excluding hydrogens is 489 g/mol. The van der Waals surface area contributed by atoms with Gasteiger partial charge in [-0.15, -0.1) is 0 Å². The second-order valence-corrected chi connectivity index (χ2v) is 10.3. The number of anilines is 1. The summed E-state index contributed by atoms with van der Waals surface area (Å²) in [7, 11) is 1.47. The van der Waals surface area contributed by atoms with Crippen molar-refractivity contribution in [1.82, 2.24) is 4.98 Å². The second kappa shape index (κ2) is 9.63. The van der Waals surface area contributed by atoms with E-state index >= 15 is 0 Å². The summed E-state index contributed by atoms with van der Waals surface area (Å²) in [6.45, 7) is 2.53. The van der Waals surface area contributed by atoms with Crippen LogP contribution < -0.4 is 15.5 Å². The number of nitrogens with one attached hydrogen (secondary N) is 2. The number of hydrogen-bond donors (Lipinski definition) is 3. The van der Waals surface area contributed by atoms with Crippen LogP contribution in [0.2, 0.25) is 0 Å². The molecule has 36 heavy (non-hydrogen) atoms. The van der Waals surface area contributed by atoms with Gasteiger partial charge in [-0.2, -0.15) is 24.5 Å². The van der Waals surface area contributed by atoms with E-state index in [9.17, 15) is 23.1 Å². The Hall–Kier alpha value is -3.30. The lowest BCUT2D eigenvalue weighted by Gasteiger charge is -2.38. The van der Waals surface area contributed by atoms with Gasteiger partial charge in [0.25, 0.3) is 0 Å². The number of halogens is 3. The number of aromatic nitrogens is 1. The fourth-order valence-corrected chi connectivity index (χ4v) is 5.13. The van der Waals surface area contributed by atoms with Crippen molar-refractivity contribution in [2.75, 3.05) is 19.0 Å². The van der Waals surface area contributed by atoms with Gasteiger partial charge < -0.3 is 20.1 Å². The topological polar surface area (TPSA) is 74.3 Å². The Kier molecular flexibility index (Phi) is 6.90. The Labute approximate surface area is 210 Å². The number of rotatable bonds is 8. The lowest BCUT2D eigenvalue weighted by atomic mass is 9.74. The summed E-state index contributed by atoms with van der Waals surface area (Å²) in [6.07, 6.45) is -4.03. The molecule has 0 aliphatic heterocycles. The van der Waals surface area contributed by atoms with Gasteiger partial charge in [0.15, 0.2) is 11.0 Å². The normalized spacial score (nSPS) is 14.0. The number of H-pyrrole nitrogens is 1. The summed E-state index contributed by atoms with van der Waals surface area (Å²) >= 11 is 1.53. The maximum atomic E-state index is 14.3. The Morgan fingerprint density at radius 1 is 1.06 bits per heavy atom. The molecule has 0 saturated heterocycles. The minimum Gasteiger partial charge on any atom is -0.496 e. The van der Waals surface area contributed by atoms with Crippen molar-refractivity contribution < 1.29 is 23.0 Å². The van der Waals surface area contributed by atoms with Crippen molar-refractivity contribution in [1.29, 1.82) is 0 Å². The number of aromatic amines is 1. The first kappa shape index (κ1) is 25.8. The van der Waals surface area contributed by atoms with Crippen molar-refractivity contribution in [3.63, 3.8) is 0 Å². The predicted octanol–water partition coefficient (Wildman–Crippen LogP) is 6.34. The second-order valence-electron chi connectivity index (χ2n) is 9.47. The predicted molar refractivity (Wildman–Crippen MR) is 138 cm³/mol. The summed E-state index contributed by atoms with van der Waals surface area (Å²) in [4.78, 5) is 15.0. The Balaban J connectivity index is 1.65. The number of hydrogen-bond acceptors (Lipinski definition) is 5. The number of benzene rings is 2. The van der Waals surface area contributed by atoms with Crippen molar-refractivity contribution >= 4 is 27.9 Å². The average molecular weight is 517 g/mol. The van der Waals surface area contributed by atoms with Gasteiger partial charge in [0.1, 0.15) is 5.75 Å². The fourth-order valence-electron chi connectivity index (χ4n) is 4.46. The molecule has 1 atom stereocenters. The lowest BCUT2D eigenvalue weighted by molar-refractivity contribution is -0.260. The molecule has 0 amide bonds. The number of ether oxygens (including phenoxy) is 1. The van der Waals surface area contributed by atoms with Crippen LogP contribution in [0.3, 0.4) is 0 Å². The molecule has 0 aliphatic carbocycles. The van der Waals surface area contributed by atoms with Crippen molar-refractivity contribution in [3.05, 3.63) is 81.3 Å². The number of methoxy groups -OCH3 is 1. The first-order valence-corrected chi connectivity index (χ1v) is 12.2. The van der Waals surface area contributed by atoms with Crippen LogP contribution in [0.25, 0.3) is 22.0 Å². The zero-order chi connectivity index (χ0) is 26.1. The summed E-state index contributed by atoms with van der Waals surface area (Å²) in [5.74, 6) is 0.449. The van der Waals surface area contributed by atoms with E-state index in [0.717, 1.165) is 11.1 Å². The van der Waals surface area contributed by atoms with Gasteiger partial charge in [0.05, 0.1) is 13.7 Å². The van der Waals surface area contributed by atoms with Crippen LogP contribution in [0.4, 0.5) is 18.9 Å². The van der Waals surface area contributed by atoms with Gasteiger partial charge >= 0.3 is 6.18 Å². The molecule has 0 radical (unpaired) electrons. The summed E-state index contributed by atoms with van der Waals surface area (Å²) < 4.78 is 48.3. The summed E-state index contributed by atoms with van der Waals surface area (Å²) in [5.41, 5.74) is -1.17. The highest BCUT2D eigenvalue weighted by Gasteiger charge is 2.56. The van der Waals surface area contributed by atoms with Crippen molar-refractivity contribution in [3.8, 4) is 16.9 Å². The van der Waals surface area contributed by atoms with E-state index in [1.54, 1.807) is 32.0 Å².